The van der Waals surface area contributed by atoms with Crippen LogP contribution < -0.4 is 10.1 Å². The molecule has 0 radical (unpaired) electrons. The Morgan fingerprint density at radius 2 is 1.86 bits per heavy atom. The molecule has 0 unspecified atom stereocenters. The summed E-state index contributed by atoms with van der Waals surface area (Å²) in [5.41, 5.74) is 0.312. The number of halogens is 4. The van der Waals surface area contributed by atoms with Gasteiger partial charge in [-0.1, -0.05) is 23.7 Å². The summed E-state index contributed by atoms with van der Waals surface area (Å²) in [4.78, 5) is 12.5. The largest absolute Gasteiger partial charge is 0.487 e. The predicted octanol–water partition coefficient (Wildman–Crippen LogP) is 4.97. The summed E-state index contributed by atoms with van der Waals surface area (Å²) in [6.07, 6.45) is -1.94. The van der Waals surface area contributed by atoms with Gasteiger partial charge < -0.3 is 15.2 Å². The molecule has 0 atom stereocenters. The summed E-state index contributed by atoms with van der Waals surface area (Å²) in [5.74, 6) is -0.0731. The maximum absolute atomic E-state index is 12.7. The molecule has 1 amide bonds. The molecule has 0 bridgehead atoms. The first-order valence-electron chi connectivity index (χ1n) is 9.30. The lowest BCUT2D eigenvalue weighted by atomic mass is 9.93. The smallest absolute Gasteiger partial charge is 0.416 e. The normalized spacial score (nSPS) is 19.6. The Bertz CT molecular complexity index is 864. The van der Waals surface area contributed by atoms with Crippen LogP contribution in [0.5, 0.6) is 5.75 Å². The van der Waals surface area contributed by atoms with E-state index in [0.717, 1.165) is 25.0 Å². The molecule has 0 aliphatic heterocycles. The Balaban J connectivity index is 1.60. The number of amides is 1. The highest BCUT2D eigenvalue weighted by atomic mass is 35.5. The molecule has 29 heavy (non-hydrogen) atoms. The van der Waals surface area contributed by atoms with Crippen LogP contribution >= 0.6 is 11.6 Å². The zero-order valence-electron chi connectivity index (χ0n) is 15.5. The monoisotopic (exact) mass is 427 g/mol. The first kappa shape index (κ1) is 21.5. The van der Waals surface area contributed by atoms with Crippen molar-refractivity contribution in [3.63, 3.8) is 0 Å². The van der Waals surface area contributed by atoms with E-state index in [1.807, 2.05) is 0 Å². The van der Waals surface area contributed by atoms with E-state index >= 15 is 0 Å². The van der Waals surface area contributed by atoms with Crippen LogP contribution in [0.25, 0.3) is 0 Å². The van der Waals surface area contributed by atoms with E-state index in [0.29, 0.717) is 24.0 Å². The minimum atomic E-state index is -4.47. The molecule has 1 aliphatic rings. The van der Waals surface area contributed by atoms with E-state index < -0.39 is 11.7 Å². The molecule has 0 aromatic heterocycles. The minimum absolute atomic E-state index is 0.0387. The number of hydrogen-bond acceptors (Lipinski definition) is 3. The van der Waals surface area contributed by atoms with Crippen molar-refractivity contribution in [2.75, 3.05) is 0 Å². The van der Waals surface area contributed by atoms with Gasteiger partial charge in [0.25, 0.3) is 5.91 Å². The van der Waals surface area contributed by atoms with Gasteiger partial charge in [-0.2, -0.15) is 13.2 Å². The van der Waals surface area contributed by atoms with Gasteiger partial charge >= 0.3 is 6.18 Å². The number of aliphatic hydroxyl groups excluding tert-OH is 1. The lowest BCUT2D eigenvalue weighted by Crippen LogP contribution is -2.38. The van der Waals surface area contributed by atoms with Gasteiger partial charge in [-0.15, -0.1) is 0 Å². The highest BCUT2D eigenvalue weighted by molar-refractivity contribution is 6.32. The second-order valence-electron chi connectivity index (χ2n) is 7.11. The van der Waals surface area contributed by atoms with E-state index in [-0.39, 0.29) is 35.4 Å². The number of alkyl halides is 3. The Morgan fingerprint density at radius 3 is 2.52 bits per heavy atom. The van der Waals surface area contributed by atoms with Gasteiger partial charge in [0, 0.05) is 11.6 Å². The molecule has 1 saturated carbocycles. The van der Waals surface area contributed by atoms with Gasteiger partial charge in [0.15, 0.2) is 0 Å². The fourth-order valence-electron chi connectivity index (χ4n) is 3.25. The van der Waals surface area contributed by atoms with Gasteiger partial charge in [-0.05, 0) is 61.6 Å². The van der Waals surface area contributed by atoms with Crippen molar-refractivity contribution in [1.82, 2.24) is 5.32 Å². The second-order valence-corrected chi connectivity index (χ2v) is 7.52. The lowest BCUT2D eigenvalue weighted by molar-refractivity contribution is -0.137. The molecule has 0 heterocycles. The second kappa shape index (κ2) is 9.05. The highest BCUT2D eigenvalue weighted by Crippen LogP contribution is 2.35. The number of benzene rings is 2. The standard InChI is InChI=1S/C21H21ClF3NO3/c22-18-11-15(21(23,24)25)4-9-19(18)29-12-13-2-1-3-14(10-13)20(28)26-16-5-7-17(27)8-6-16/h1-4,9-11,16-17,27H,5-8,12H2,(H,26,28)/t16-,17-. The van der Waals surface area contributed by atoms with Crippen LogP contribution in [0.1, 0.15) is 47.2 Å². The first-order valence-corrected chi connectivity index (χ1v) is 9.67. The van der Waals surface area contributed by atoms with Crippen LogP contribution in [-0.4, -0.2) is 23.2 Å². The number of hydrogen-bond donors (Lipinski definition) is 2. The van der Waals surface area contributed by atoms with Crippen molar-refractivity contribution in [3.8, 4) is 5.75 Å². The number of carbonyl (C=O) groups is 1. The minimum Gasteiger partial charge on any atom is -0.487 e. The molecule has 3 rings (SSSR count). The summed E-state index contributed by atoms with van der Waals surface area (Å²) < 4.78 is 43.7. The number of rotatable bonds is 5. The lowest BCUT2D eigenvalue weighted by Gasteiger charge is -2.26. The molecule has 1 fully saturated rings. The van der Waals surface area contributed by atoms with Crippen molar-refractivity contribution in [3.05, 3.63) is 64.2 Å². The Kier molecular flexibility index (Phi) is 6.70. The van der Waals surface area contributed by atoms with Crippen molar-refractivity contribution >= 4 is 17.5 Å². The van der Waals surface area contributed by atoms with E-state index in [1.165, 1.54) is 6.07 Å². The quantitative estimate of drug-likeness (QED) is 0.708. The predicted molar refractivity (Wildman–Crippen MR) is 103 cm³/mol. The summed E-state index contributed by atoms with van der Waals surface area (Å²) in [5, 5.41) is 12.4. The van der Waals surface area contributed by atoms with Crippen LogP contribution in [0.3, 0.4) is 0 Å². The van der Waals surface area contributed by atoms with E-state index in [9.17, 15) is 23.1 Å². The number of ether oxygens (including phenoxy) is 1. The van der Waals surface area contributed by atoms with Gasteiger partial charge in [0.2, 0.25) is 0 Å². The molecule has 1 aliphatic carbocycles. The average Bonchev–Trinajstić information content (AvgIpc) is 2.68. The summed E-state index contributed by atoms with van der Waals surface area (Å²) >= 11 is 5.90. The van der Waals surface area contributed by atoms with Gasteiger partial charge in [-0.3, -0.25) is 4.79 Å². The first-order chi connectivity index (χ1) is 13.7. The third-order valence-corrected chi connectivity index (χ3v) is 5.17. The maximum Gasteiger partial charge on any atom is 0.416 e. The van der Waals surface area contributed by atoms with Crippen molar-refractivity contribution in [1.29, 1.82) is 0 Å². The molecule has 0 spiro atoms. The zero-order chi connectivity index (χ0) is 21.0. The zero-order valence-corrected chi connectivity index (χ0v) is 16.3. The van der Waals surface area contributed by atoms with Gasteiger partial charge in [0.1, 0.15) is 12.4 Å². The van der Waals surface area contributed by atoms with Crippen LogP contribution in [0.15, 0.2) is 42.5 Å². The molecule has 0 saturated heterocycles. The molecule has 2 aromatic rings. The van der Waals surface area contributed by atoms with Crippen molar-refractivity contribution in [2.24, 2.45) is 0 Å². The van der Waals surface area contributed by atoms with Gasteiger partial charge in [0.05, 0.1) is 16.7 Å². The fourth-order valence-corrected chi connectivity index (χ4v) is 3.48. The van der Waals surface area contributed by atoms with Crippen LogP contribution in [0.4, 0.5) is 13.2 Å². The molecular weight excluding hydrogens is 407 g/mol. The van der Waals surface area contributed by atoms with Crippen LogP contribution in [0.2, 0.25) is 5.02 Å². The van der Waals surface area contributed by atoms with Crippen LogP contribution in [0, 0.1) is 0 Å². The summed E-state index contributed by atoms with van der Waals surface area (Å²) in [6.45, 7) is 0.0574. The molecule has 2 N–H and O–H groups in total. The molecule has 4 nitrogen and oxygen atoms in total. The topological polar surface area (TPSA) is 58.6 Å². The molecule has 2 aromatic carbocycles. The summed E-state index contributed by atoms with van der Waals surface area (Å²) in [6, 6.07) is 9.77. The highest BCUT2D eigenvalue weighted by Gasteiger charge is 2.31. The Hall–Kier alpha value is -2.25. The van der Waals surface area contributed by atoms with Crippen LogP contribution in [-0.2, 0) is 12.8 Å². The van der Waals surface area contributed by atoms with E-state index in [4.69, 9.17) is 16.3 Å². The summed E-state index contributed by atoms with van der Waals surface area (Å²) in [7, 11) is 0. The average molecular weight is 428 g/mol. The Labute approximate surface area is 171 Å². The van der Waals surface area contributed by atoms with E-state index in [2.05, 4.69) is 5.32 Å². The fraction of sp³-hybridized carbons (Fsp3) is 0.381. The Morgan fingerprint density at radius 1 is 1.14 bits per heavy atom. The third kappa shape index (κ3) is 5.87. The number of aliphatic hydroxyl groups is 1. The number of carbonyl (C=O) groups excluding carboxylic acids is 1. The van der Waals surface area contributed by atoms with Crippen molar-refractivity contribution < 1.29 is 27.8 Å². The van der Waals surface area contributed by atoms with Crippen molar-refractivity contribution in [2.45, 2.75) is 50.6 Å². The van der Waals surface area contributed by atoms with E-state index in [1.54, 1.807) is 24.3 Å². The van der Waals surface area contributed by atoms with Gasteiger partial charge in [-0.25, -0.2) is 0 Å². The molecule has 156 valence electrons. The molecule has 8 heteroatoms. The molecular formula is C21H21ClF3NO3. The SMILES string of the molecule is O=C(N[C@H]1CC[C@H](O)CC1)c1cccc(COc2ccc(C(F)(F)F)cc2Cl)c1. The number of nitrogens with one attached hydrogen (secondary N) is 1. The maximum atomic E-state index is 12.7. The third-order valence-electron chi connectivity index (χ3n) is 4.87.